The fourth-order valence-electron chi connectivity index (χ4n) is 3.44. The van der Waals surface area contributed by atoms with Crippen molar-refractivity contribution in [1.82, 2.24) is 14.7 Å². The van der Waals surface area contributed by atoms with Crippen LogP contribution in [0.2, 0.25) is 0 Å². The second-order valence-electron chi connectivity index (χ2n) is 6.69. The Kier molecular flexibility index (Phi) is 6.45. The van der Waals surface area contributed by atoms with E-state index in [1.54, 1.807) is 0 Å². The molecule has 0 aliphatic carbocycles. The average molecular weight is 297 g/mol. The molecule has 0 spiro atoms. The summed E-state index contributed by atoms with van der Waals surface area (Å²) >= 11 is 0. The summed E-state index contributed by atoms with van der Waals surface area (Å²) in [5.74, 6) is 0.328. The first kappa shape index (κ1) is 16.7. The van der Waals surface area contributed by atoms with Gasteiger partial charge in [-0.3, -0.25) is 9.69 Å². The molecule has 2 fully saturated rings. The molecule has 2 heterocycles. The normalized spacial score (nSPS) is 26.8. The Bertz CT molecular complexity index is 329. The van der Waals surface area contributed by atoms with E-state index in [0.717, 1.165) is 45.8 Å². The van der Waals surface area contributed by atoms with E-state index in [-0.39, 0.29) is 6.10 Å². The molecule has 0 bridgehead atoms. The molecule has 0 radical (unpaired) electrons. The molecule has 0 saturated carbocycles. The summed E-state index contributed by atoms with van der Waals surface area (Å²) in [5, 5.41) is 9.50. The van der Waals surface area contributed by atoms with Crippen LogP contribution in [0, 0.1) is 0 Å². The fraction of sp³-hybridized carbons (Fsp3) is 0.938. The summed E-state index contributed by atoms with van der Waals surface area (Å²) in [5.41, 5.74) is 0. The average Bonchev–Trinajstić information content (AvgIpc) is 2.48. The Balaban J connectivity index is 1.68. The third kappa shape index (κ3) is 5.24. The highest BCUT2D eigenvalue weighted by Crippen LogP contribution is 2.13. The van der Waals surface area contributed by atoms with Crippen LogP contribution < -0.4 is 0 Å². The first-order valence-electron chi connectivity index (χ1n) is 8.48. The van der Waals surface area contributed by atoms with E-state index in [0.29, 0.717) is 18.4 Å². The monoisotopic (exact) mass is 297 g/mol. The van der Waals surface area contributed by atoms with Gasteiger partial charge in [0.2, 0.25) is 5.91 Å². The number of piperazine rings is 1. The smallest absolute Gasteiger partial charge is 0.223 e. The maximum absolute atomic E-state index is 12.2. The van der Waals surface area contributed by atoms with Crippen molar-refractivity contribution < 1.29 is 9.90 Å². The topological polar surface area (TPSA) is 47.0 Å². The van der Waals surface area contributed by atoms with Gasteiger partial charge in [-0.1, -0.05) is 0 Å². The highest BCUT2D eigenvalue weighted by Gasteiger charge is 2.25. The van der Waals surface area contributed by atoms with E-state index in [1.165, 1.54) is 19.3 Å². The lowest BCUT2D eigenvalue weighted by Gasteiger charge is -2.40. The second kappa shape index (κ2) is 8.11. The van der Waals surface area contributed by atoms with Gasteiger partial charge in [-0.05, 0) is 33.1 Å². The minimum atomic E-state index is -0.264. The van der Waals surface area contributed by atoms with Gasteiger partial charge in [0.25, 0.3) is 0 Å². The number of amides is 1. The number of piperidine rings is 1. The Morgan fingerprint density at radius 2 is 1.90 bits per heavy atom. The van der Waals surface area contributed by atoms with Crippen LogP contribution in [-0.2, 0) is 4.79 Å². The Morgan fingerprint density at radius 1 is 1.19 bits per heavy atom. The standard InChI is InChI=1S/C16H31N3O2/c1-14-12-17(10-11-19(14)13-15(2)20)9-6-16(21)18-7-4-3-5-8-18/h14-15,20H,3-13H2,1-2H3/t14-,15+/m1/s1. The summed E-state index contributed by atoms with van der Waals surface area (Å²) < 4.78 is 0. The first-order chi connectivity index (χ1) is 10.1. The van der Waals surface area contributed by atoms with Crippen molar-refractivity contribution in [1.29, 1.82) is 0 Å². The SMILES string of the molecule is C[C@H](O)CN1CCN(CCC(=O)N2CCCCC2)C[C@H]1C. The zero-order chi connectivity index (χ0) is 15.2. The van der Waals surface area contributed by atoms with Crippen molar-refractivity contribution in [2.24, 2.45) is 0 Å². The lowest BCUT2D eigenvalue weighted by Crippen LogP contribution is -2.53. The molecule has 2 rings (SSSR count). The molecule has 21 heavy (non-hydrogen) atoms. The molecule has 2 saturated heterocycles. The van der Waals surface area contributed by atoms with Gasteiger partial charge in [-0.25, -0.2) is 0 Å². The third-order valence-corrected chi connectivity index (χ3v) is 4.70. The number of aliphatic hydroxyl groups excluding tert-OH is 1. The largest absolute Gasteiger partial charge is 0.392 e. The predicted molar refractivity (Wildman–Crippen MR) is 84.2 cm³/mol. The van der Waals surface area contributed by atoms with Gasteiger partial charge < -0.3 is 14.9 Å². The van der Waals surface area contributed by atoms with Crippen molar-refractivity contribution in [3.8, 4) is 0 Å². The van der Waals surface area contributed by atoms with Crippen molar-refractivity contribution in [2.45, 2.75) is 51.7 Å². The Labute approximate surface area is 128 Å². The van der Waals surface area contributed by atoms with E-state index >= 15 is 0 Å². The van der Waals surface area contributed by atoms with Crippen molar-refractivity contribution in [3.05, 3.63) is 0 Å². The minimum absolute atomic E-state index is 0.264. The molecule has 0 unspecified atom stereocenters. The highest BCUT2D eigenvalue weighted by molar-refractivity contribution is 5.76. The molecule has 2 atom stereocenters. The summed E-state index contributed by atoms with van der Waals surface area (Å²) in [6, 6.07) is 0.457. The van der Waals surface area contributed by atoms with E-state index in [2.05, 4.69) is 16.7 Å². The third-order valence-electron chi connectivity index (χ3n) is 4.70. The molecule has 2 aliphatic heterocycles. The molecule has 0 aromatic rings. The number of hydrogen-bond donors (Lipinski definition) is 1. The number of β-amino-alcohol motifs (C(OH)–C–C–N with tert-alkyl or cyclic N) is 1. The molecule has 1 amide bonds. The number of nitrogens with zero attached hydrogens (tertiary/aromatic N) is 3. The van der Waals surface area contributed by atoms with E-state index in [1.807, 2.05) is 11.8 Å². The van der Waals surface area contributed by atoms with E-state index < -0.39 is 0 Å². The molecular formula is C16H31N3O2. The zero-order valence-electron chi connectivity index (χ0n) is 13.6. The number of carbonyl (C=O) groups is 1. The van der Waals surface area contributed by atoms with E-state index in [4.69, 9.17) is 0 Å². The van der Waals surface area contributed by atoms with Crippen molar-refractivity contribution in [3.63, 3.8) is 0 Å². The lowest BCUT2D eigenvalue weighted by molar-refractivity contribution is -0.132. The van der Waals surface area contributed by atoms with Crippen LogP contribution >= 0.6 is 0 Å². The number of rotatable bonds is 5. The van der Waals surface area contributed by atoms with Crippen LogP contribution in [0.25, 0.3) is 0 Å². The molecule has 1 N–H and O–H groups in total. The summed E-state index contributed by atoms with van der Waals surface area (Å²) in [6.07, 6.45) is 4.00. The van der Waals surface area contributed by atoms with Crippen LogP contribution in [0.15, 0.2) is 0 Å². The fourth-order valence-corrected chi connectivity index (χ4v) is 3.44. The van der Waals surface area contributed by atoms with Gasteiger partial charge in [0, 0.05) is 58.3 Å². The van der Waals surface area contributed by atoms with E-state index in [9.17, 15) is 9.90 Å². The molecule has 122 valence electrons. The maximum atomic E-state index is 12.2. The van der Waals surface area contributed by atoms with Gasteiger partial charge in [0.1, 0.15) is 0 Å². The number of hydrogen-bond acceptors (Lipinski definition) is 4. The lowest BCUT2D eigenvalue weighted by atomic mass is 10.1. The summed E-state index contributed by atoms with van der Waals surface area (Å²) in [4.78, 5) is 19.0. The molecule has 2 aliphatic rings. The molecule has 0 aromatic carbocycles. The number of carbonyl (C=O) groups excluding carboxylic acids is 1. The highest BCUT2D eigenvalue weighted by atomic mass is 16.3. The van der Waals surface area contributed by atoms with Crippen molar-refractivity contribution >= 4 is 5.91 Å². The summed E-state index contributed by atoms with van der Waals surface area (Å²) in [6.45, 7) is 10.6. The van der Waals surface area contributed by atoms with Crippen molar-refractivity contribution in [2.75, 3.05) is 45.8 Å². The zero-order valence-corrected chi connectivity index (χ0v) is 13.6. The molecule has 5 nitrogen and oxygen atoms in total. The van der Waals surface area contributed by atoms with Gasteiger partial charge in [-0.2, -0.15) is 0 Å². The van der Waals surface area contributed by atoms with Gasteiger partial charge in [0.05, 0.1) is 6.10 Å². The van der Waals surface area contributed by atoms with Gasteiger partial charge in [-0.15, -0.1) is 0 Å². The van der Waals surface area contributed by atoms with Gasteiger partial charge >= 0.3 is 0 Å². The quantitative estimate of drug-likeness (QED) is 0.814. The Morgan fingerprint density at radius 3 is 2.52 bits per heavy atom. The van der Waals surface area contributed by atoms with Crippen LogP contribution in [0.5, 0.6) is 0 Å². The molecular weight excluding hydrogens is 266 g/mol. The minimum Gasteiger partial charge on any atom is -0.392 e. The first-order valence-corrected chi connectivity index (χ1v) is 8.48. The predicted octanol–water partition coefficient (Wildman–Crippen LogP) is 0.776. The van der Waals surface area contributed by atoms with Gasteiger partial charge in [0.15, 0.2) is 0 Å². The second-order valence-corrected chi connectivity index (χ2v) is 6.69. The number of likely N-dealkylation sites (tertiary alicyclic amines) is 1. The number of aliphatic hydroxyl groups is 1. The summed E-state index contributed by atoms with van der Waals surface area (Å²) in [7, 11) is 0. The maximum Gasteiger partial charge on any atom is 0.223 e. The molecule has 0 aromatic heterocycles. The Hall–Kier alpha value is -0.650. The molecule has 5 heteroatoms. The van der Waals surface area contributed by atoms with Crippen LogP contribution in [0.4, 0.5) is 0 Å². The van der Waals surface area contributed by atoms with Crippen LogP contribution in [0.3, 0.4) is 0 Å². The van der Waals surface area contributed by atoms with Crippen LogP contribution in [0.1, 0.15) is 39.5 Å². The van der Waals surface area contributed by atoms with Crippen LogP contribution in [-0.4, -0.2) is 83.7 Å².